The van der Waals surface area contributed by atoms with E-state index in [9.17, 15) is 4.79 Å². The molecule has 0 atom stereocenters. The number of piperidine rings is 1. The number of amides is 1. The number of hydrogen-bond donors (Lipinski definition) is 2. The number of halogens is 2. The molecule has 3 aromatic rings. The Morgan fingerprint density at radius 2 is 1.97 bits per heavy atom. The molecule has 3 heterocycles. The van der Waals surface area contributed by atoms with Gasteiger partial charge in [-0.15, -0.1) is 5.10 Å². The lowest BCUT2D eigenvalue weighted by molar-refractivity contribution is -0.132. The summed E-state index contributed by atoms with van der Waals surface area (Å²) in [5.41, 5.74) is 1.72. The third kappa shape index (κ3) is 5.28. The first-order valence-electron chi connectivity index (χ1n) is 9.71. The Hall–Kier alpha value is -2.65. The second-order valence-corrected chi connectivity index (χ2v) is 8.07. The number of anilines is 1. The van der Waals surface area contributed by atoms with Gasteiger partial charge in [0.2, 0.25) is 11.8 Å². The quantitative estimate of drug-likeness (QED) is 0.567. The Balaban J connectivity index is 1.24. The highest BCUT2D eigenvalue weighted by atomic mass is 35.5. The lowest BCUT2D eigenvalue weighted by Gasteiger charge is -2.30. The van der Waals surface area contributed by atoms with E-state index in [0.29, 0.717) is 54.4 Å². The zero-order chi connectivity index (χ0) is 20.9. The zero-order valence-corrected chi connectivity index (χ0v) is 17.7. The lowest BCUT2D eigenvalue weighted by atomic mass is 9.96. The Labute approximate surface area is 183 Å². The van der Waals surface area contributed by atoms with E-state index >= 15 is 0 Å². The van der Waals surface area contributed by atoms with E-state index in [1.807, 2.05) is 17.0 Å². The molecule has 1 aliphatic heterocycles. The highest BCUT2D eigenvalue weighted by molar-refractivity contribution is 6.34. The van der Waals surface area contributed by atoms with Gasteiger partial charge in [0.25, 0.3) is 0 Å². The number of aromatic nitrogens is 5. The molecule has 0 radical (unpaired) electrons. The average molecular weight is 450 g/mol. The summed E-state index contributed by atoms with van der Waals surface area (Å²) in [5, 5.41) is 22.6. The molecule has 1 aliphatic rings. The van der Waals surface area contributed by atoms with Crippen LogP contribution in [0.1, 0.15) is 42.3 Å². The van der Waals surface area contributed by atoms with E-state index in [1.165, 1.54) is 0 Å². The van der Waals surface area contributed by atoms with E-state index in [2.05, 4.69) is 30.9 Å². The van der Waals surface area contributed by atoms with Gasteiger partial charge >= 0.3 is 6.01 Å². The molecular weight excluding hydrogens is 429 g/mol. The first-order valence-corrected chi connectivity index (χ1v) is 10.5. The number of benzene rings is 1. The molecule has 0 unspecified atom stereocenters. The van der Waals surface area contributed by atoms with Gasteiger partial charge in [0.05, 0.1) is 12.7 Å². The van der Waals surface area contributed by atoms with E-state index in [1.54, 1.807) is 12.3 Å². The summed E-state index contributed by atoms with van der Waals surface area (Å²) in [6.45, 7) is 1.79. The van der Waals surface area contributed by atoms with Gasteiger partial charge in [-0.05, 0) is 43.0 Å². The van der Waals surface area contributed by atoms with Gasteiger partial charge in [0.15, 0.2) is 0 Å². The molecule has 1 amide bonds. The zero-order valence-electron chi connectivity index (χ0n) is 16.1. The van der Waals surface area contributed by atoms with Crippen LogP contribution in [0.4, 0.5) is 6.01 Å². The van der Waals surface area contributed by atoms with Crippen molar-refractivity contribution in [2.24, 2.45) is 0 Å². The molecule has 2 aromatic heterocycles. The molecule has 1 fully saturated rings. The van der Waals surface area contributed by atoms with Gasteiger partial charge in [-0.1, -0.05) is 28.3 Å². The number of rotatable bonds is 7. The van der Waals surface area contributed by atoms with Crippen LogP contribution in [-0.4, -0.2) is 49.5 Å². The molecule has 30 heavy (non-hydrogen) atoms. The third-order valence-corrected chi connectivity index (χ3v) is 5.51. The minimum atomic E-state index is 0.130. The number of nitrogens with zero attached hydrogens (tertiary/aromatic N) is 5. The number of hydrogen-bond acceptors (Lipinski definition) is 7. The second-order valence-electron chi connectivity index (χ2n) is 7.19. The largest absolute Gasteiger partial charge is 0.408 e. The number of likely N-dealkylation sites (tertiary alicyclic amines) is 1. The fraction of sp³-hybridized carbons (Fsp3) is 0.421. The molecular formula is C19H21Cl2N7O2. The van der Waals surface area contributed by atoms with E-state index in [-0.39, 0.29) is 11.8 Å². The summed E-state index contributed by atoms with van der Waals surface area (Å²) >= 11 is 12.0. The van der Waals surface area contributed by atoms with Gasteiger partial charge < -0.3 is 14.6 Å². The van der Waals surface area contributed by atoms with Gasteiger partial charge in [-0.25, -0.2) is 0 Å². The Kier molecular flexibility index (Phi) is 6.49. The van der Waals surface area contributed by atoms with Crippen LogP contribution in [-0.2, 0) is 17.8 Å². The number of aromatic amines is 1. The first kappa shape index (κ1) is 20.6. The fourth-order valence-corrected chi connectivity index (χ4v) is 4.06. The lowest BCUT2D eigenvalue weighted by Crippen LogP contribution is -2.38. The van der Waals surface area contributed by atoms with Crippen molar-refractivity contribution in [3.05, 3.63) is 51.6 Å². The molecule has 0 spiro atoms. The summed E-state index contributed by atoms with van der Waals surface area (Å²) in [6, 6.07) is 5.73. The van der Waals surface area contributed by atoms with Crippen molar-refractivity contribution in [1.82, 2.24) is 30.5 Å². The van der Waals surface area contributed by atoms with Gasteiger partial charge in [0.1, 0.15) is 5.69 Å². The van der Waals surface area contributed by atoms with Gasteiger partial charge in [-0.2, -0.15) is 15.4 Å². The molecule has 0 saturated carbocycles. The van der Waals surface area contributed by atoms with Crippen molar-refractivity contribution < 1.29 is 9.21 Å². The maximum absolute atomic E-state index is 12.6. The van der Waals surface area contributed by atoms with Crippen LogP contribution in [0.15, 0.2) is 28.8 Å². The molecule has 1 aromatic carbocycles. The van der Waals surface area contributed by atoms with Crippen molar-refractivity contribution in [2.45, 2.75) is 38.1 Å². The summed E-state index contributed by atoms with van der Waals surface area (Å²) in [4.78, 5) is 14.5. The highest BCUT2D eigenvalue weighted by Crippen LogP contribution is 2.28. The maximum Gasteiger partial charge on any atom is 0.315 e. The molecule has 2 N–H and O–H groups in total. The van der Waals surface area contributed by atoms with Crippen molar-refractivity contribution in [3.63, 3.8) is 0 Å². The fourth-order valence-electron chi connectivity index (χ4n) is 3.49. The van der Waals surface area contributed by atoms with Crippen LogP contribution in [0.3, 0.4) is 0 Å². The Morgan fingerprint density at radius 3 is 2.67 bits per heavy atom. The molecule has 0 bridgehead atoms. The van der Waals surface area contributed by atoms with E-state index in [4.69, 9.17) is 27.6 Å². The summed E-state index contributed by atoms with van der Waals surface area (Å²) in [6.07, 6.45) is 4.25. The normalized spacial score (nSPS) is 14.8. The van der Waals surface area contributed by atoms with Gasteiger partial charge in [-0.3, -0.25) is 4.79 Å². The standard InChI is InChI=1S/C19H21Cl2N7O2/c20-14-7-12(8-15(21)9-14)1-2-17(29)28-5-3-13(4-6-28)18-25-26-19(30-18)22-10-16-11-23-27-24-16/h7-9,11,13H,1-6,10H2,(H,22,26)(H,23,24,27). The van der Waals surface area contributed by atoms with Crippen LogP contribution >= 0.6 is 23.2 Å². The van der Waals surface area contributed by atoms with Crippen LogP contribution < -0.4 is 5.32 Å². The summed E-state index contributed by atoms with van der Waals surface area (Å²) in [5.74, 6) is 0.874. The van der Waals surface area contributed by atoms with Crippen molar-refractivity contribution in [1.29, 1.82) is 0 Å². The van der Waals surface area contributed by atoms with Crippen LogP contribution in [0.25, 0.3) is 0 Å². The SMILES string of the molecule is O=C(CCc1cc(Cl)cc(Cl)c1)N1CCC(c2nnc(NCc3cn[nH]n3)o2)CC1. The van der Waals surface area contributed by atoms with Crippen molar-refractivity contribution in [3.8, 4) is 0 Å². The first-order chi connectivity index (χ1) is 14.6. The minimum absolute atomic E-state index is 0.130. The number of carbonyl (C=O) groups excluding carboxylic acids is 1. The average Bonchev–Trinajstić information content (AvgIpc) is 3.42. The molecule has 11 heteroatoms. The molecule has 158 valence electrons. The molecule has 1 saturated heterocycles. The van der Waals surface area contributed by atoms with Gasteiger partial charge in [0, 0.05) is 35.5 Å². The number of aryl methyl sites for hydroxylation is 1. The molecule has 4 rings (SSSR count). The number of carbonyl (C=O) groups is 1. The number of H-pyrrole nitrogens is 1. The summed E-state index contributed by atoms with van der Waals surface area (Å²) < 4.78 is 5.72. The topological polar surface area (TPSA) is 113 Å². The van der Waals surface area contributed by atoms with Crippen LogP contribution in [0.5, 0.6) is 0 Å². The third-order valence-electron chi connectivity index (χ3n) is 5.07. The second kappa shape index (κ2) is 9.44. The molecule has 0 aliphatic carbocycles. The van der Waals surface area contributed by atoms with Crippen LogP contribution in [0, 0.1) is 0 Å². The minimum Gasteiger partial charge on any atom is -0.408 e. The summed E-state index contributed by atoms with van der Waals surface area (Å²) in [7, 11) is 0. The van der Waals surface area contributed by atoms with Crippen molar-refractivity contribution >= 4 is 35.1 Å². The number of nitrogens with one attached hydrogen (secondary N) is 2. The predicted octanol–water partition coefficient (Wildman–Crippen LogP) is 3.45. The maximum atomic E-state index is 12.6. The molecule has 9 nitrogen and oxygen atoms in total. The van der Waals surface area contributed by atoms with E-state index < -0.39 is 0 Å². The Morgan fingerprint density at radius 1 is 1.20 bits per heavy atom. The Bertz CT molecular complexity index is 964. The van der Waals surface area contributed by atoms with E-state index in [0.717, 1.165) is 24.1 Å². The predicted molar refractivity (Wildman–Crippen MR) is 111 cm³/mol. The smallest absolute Gasteiger partial charge is 0.315 e. The monoisotopic (exact) mass is 449 g/mol. The van der Waals surface area contributed by atoms with Crippen molar-refractivity contribution in [2.75, 3.05) is 18.4 Å². The highest BCUT2D eigenvalue weighted by Gasteiger charge is 2.27. The van der Waals surface area contributed by atoms with Crippen LogP contribution in [0.2, 0.25) is 10.0 Å².